The summed E-state index contributed by atoms with van der Waals surface area (Å²) in [5.41, 5.74) is 2.36. The van der Waals surface area contributed by atoms with Crippen LogP contribution in [0.25, 0.3) is 0 Å². The molecule has 1 N–H and O–H groups in total. The van der Waals surface area contributed by atoms with E-state index in [4.69, 9.17) is 9.63 Å². The Labute approximate surface area is 114 Å². The largest absolute Gasteiger partial charge is 0.478 e. The number of hydrogen-bond acceptors (Lipinski definition) is 4. The lowest BCUT2D eigenvalue weighted by Gasteiger charge is -2.15. The standard InChI is InChI=1S/C14H12N2O4/c1-8-4-11(20-15-8)7-16-12-5-10(14(18)19)3-2-9(12)6-13(16)17/h2-5H,6-7H2,1H3,(H,18,19). The van der Waals surface area contributed by atoms with E-state index in [0.29, 0.717) is 11.4 Å². The number of carbonyl (C=O) groups excluding carboxylic acids is 1. The molecule has 0 unspecified atom stereocenters. The van der Waals surface area contributed by atoms with Gasteiger partial charge in [0.05, 0.1) is 24.2 Å². The highest BCUT2D eigenvalue weighted by Gasteiger charge is 2.29. The summed E-state index contributed by atoms with van der Waals surface area (Å²) >= 11 is 0. The Morgan fingerprint density at radius 3 is 2.90 bits per heavy atom. The van der Waals surface area contributed by atoms with Gasteiger partial charge in [0.1, 0.15) is 0 Å². The summed E-state index contributed by atoms with van der Waals surface area (Å²) in [6, 6.07) is 6.47. The molecule has 0 atom stereocenters. The highest BCUT2D eigenvalue weighted by Crippen LogP contribution is 2.31. The number of nitrogens with zero attached hydrogens (tertiary/aromatic N) is 2. The van der Waals surface area contributed by atoms with Crippen molar-refractivity contribution < 1.29 is 19.2 Å². The Hall–Kier alpha value is -2.63. The Balaban J connectivity index is 1.95. The molecular formula is C14H12N2O4. The minimum absolute atomic E-state index is 0.0726. The van der Waals surface area contributed by atoms with E-state index >= 15 is 0 Å². The molecule has 2 heterocycles. The van der Waals surface area contributed by atoms with Gasteiger partial charge in [-0.05, 0) is 24.6 Å². The van der Waals surface area contributed by atoms with Crippen LogP contribution in [0.15, 0.2) is 28.8 Å². The van der Waals surface area contributed by atoms with E-state index in [-0.39, 0.29) is 24.4 Å². The van der Waals surface area contributed by atoms with Crippen molar-refractivity contribution in [1.82, 2.24) is 5.16 Å². The number of benzene rings is 1. The maximum Gasteiger partial charge on any atom is 0.335 e. The molecule has 1 aromatic heterocycles. The van der Waals surface area contributed by atoms with Crippen LogP contribution in [-0.2, 0) is 17.8 Å². The van der Waals surface area contributed by atoms with Crippen molar-refractivity contribution in [1.29, 1.82) is 0 Å². The van der Waals surface area contributed by atoms with Crippen molar-refractivity contribution in [2.75, 3.05) is 4.90 Å². The molecule has 102 valence electrons. The number of aromatic nitrogens is 1. The van der Waals surface area contributed by atoms with Crippen LogP contribution in [0, 0.1) is 6.92 Å². The topological polar surface area (TPSA) is 83.6 Å². The van der Waals surface area contributed by atoms with Gasteiger partial charge < -0.3 is 14.5 Å². The first-order valence-electron chi connectivity index (χ1n) is 6.13. The Morgan fingerprint density at radius 1 is 1.45 bits per heavy atom. The molecule has 0 saturated heterocycles. The lowest BCUT2D eigenvalue weighted by molar-refractivity contribution is -0.117. The minimum Gasteiger partial charge on any atom is -0.478 e. The zero-order valence-electron chi connectivity index (χ0n) is 10.8. The van der Waals surface area contributed by atoms with Gasteiger partial charge in [-0.1, -0.05) is 11.2 Å². The minimum atomic E-state index is -1.01. The van der Waals surface area contributed by atoms with E-state index in [1.807, 2.05) is 0 Å². The second-order valence-corrected chi connectivity index (χ2v) is 4.74. The predicted octanol–water partition coefficient (Wildman–Crippen LogP) is 1.77. The van der Waals surface area contributed by atoms with E-state index < -0.39 is 5.97 Å². The van der Waals surface area contributed by atoms with Crippen LogP contribution in [0.3, 0.4) is 0 Å². The zero-order valence-corrected chi connectivity index (χ0v) is 10.8. The summed E-state index contributed by atoms with van der Waals surface area (Å²) in [6.45, 7) is 2.06. The van der Waals surface area contributed by atoms with E-state index in [2.05, 4.69) is 5.16 Å². The molecule has 20 heavy (non-hydrogen) atoms. The van der Waals surface area contributed by atoms with Gasteiger partial charge in [-0.25, -0.2) is 4.79 Å². The number of hydrogen-bond donors (Lipinski definition) is 1. The molecular weight excluding hydrogens is 260 g/mol. The number of aryl methyl sites for hydroxylation is 1. The number of anilines is 1. The molecule has 0 saturated carbocycles. The summed E-state index contributed by atoms with van der Waals surface area (Å²) in [5, 5.41) is 12.8. The molecule has 0 spiro atoms. The quantitative estimate of drug-likeness (QED) is 0.920. The van der Waals surface area contributed by atoms with Crippen molar-refractivity contribution in [2.45, 2.75) is 19.9 Å². The van der Waals surface area contributed by atoms with Gasteiger partial charge in [0.2, 0.25) is 5.91 Å². The average molecular weight is 272 g/mol. The molecule has 6 nitrogen and oxygen atoms in total. The number of rotatable bonds is 3. The molecule has 2 aromatic rings. The fourth-order valence-corrected chi connectivity index (χ4v) is 2.31. The van der Waals surface area contributed by atoms with Gasteiger partial charge in [0.15, 0.2) is 5.76 Å². The average Bonchev–Trinajstić information content (AvgIpc) is 2.94. The van der Waals surface area contributed by atoms with Gasteiger partial charge >= 0.3 is 5.97 Å². The van der Waals surface area contributed by atoms with Crippen LogP contribution in [0.1, 0.15) is 27.4 Å². The first-order chi connectivity index (χ1) is 9.54. The Bertz CT molecular complexity index is 705. The van der Waals surface area contributed by atoms with E-state index in [9.17, 15) is 9.59 Å². The third-order valence-corrected chi connectivity index (χ3v) is 3.26. The van der Waals surface area contributed by atoms with Crippen LogP contribution >= 0.6 is 0 Å². The molecule has 0 fully saturated rings. The SMILES string of the molecule is Cc1cc(CN2C(=O)Cc3ccc(C(=O)O)cc32)on1. The second-order valence-electron chi connectivity index (χ2n) is 4.74. The smallest absolute Gasteiger partial charge is 0.335 e. The third-order valence-electron chi connectivity index (χ3n) is 3.26. The molecule has 0 bridgehead atoms. The number of amides is 1. The van der Waals surface area contributed by atoms with Gasteiger partial charge in [-0.2, -0.15) is 0 Å². The first kappa shape index (κ1) is 12.4. The van der Waals surface area contributed by atoms with Crippen molar-refractivity contribution >= 4 is 17.6 Å². The summed E-state index contributed by atoms with van der Waals surface area (Å²) in [7, 11) is 0. The van der Waals surface area contributed by atoms with Crippen molar-refractivity contribution in [3.05, 3.63) is 46.8 Å². The first-order valence-corrected chi connectivity index (χ1v) is 6.13. The molecule has 1 aliphatic rings. The fraction of sp³-hybridized carbons (Fsp3) is 0.214. The predicted molar refractivity (Wildman–Crippen MR) is 69.5 cm³/mol. The second kappa shape index (κ2) is 4.48. The lowest BCUT2D eigenvalue weighted by Crippen LogP contribution is -2.25. The number of fused-ring (bicyclic) bond motifs is 1. The van der Waals surface area contributed by atoms with Crippen LogP contribution in [0.5, 0.6) is 0 Å². The van der Waals surface area contributed by atoms with E-state index in [1.165, 1.54) is 17.0 Å². The number of carboxylic acid groups (broad SMARTS) is 1. The van der Waals surface area contributed by atoms with Gasteiger partial charge in [-0.3, -0.25) is 4.79 Å². The van der Waals surface area contributed by atoms with Crippen molar-refractivity contribution in [2.24, 2.45) is 0 Å². The molecule has 1 amide bonds. The number of carboxylic acids is 1. The molecule has 1 aromatic carbocycles. The fourth-order valence-electron chi connectivity index (χ4n) is 2.31. The van der Waals surface area contributed by atoms with Crippen molar-refractivity contribution in [3.8, 4) is 0 Å². The molecule has 6 heteroatoms. The third kappa shape index (κ3) is 2.05. The zero-order chi connectivity index (χ0) is 14.3. The summed E-state index contributed by atoms with van der Waals surface area (Å²) in [5.74, 6) is -0.511. The monoisotopic (exact) mass is 272 g/mol. The van der Waals surface area contributed by atoms with E-state index in [0.717, 1.165) is 11.3 Å². The maximum absolute atomic E-state index is 12.0. The highest BCUT2D eigenvalue weighted by atomic mass is 16.5. The molecule has 0 aliphatic carbocycles. The summed E-state index contributed by atoms with van der Waals surface area (Å²) < 4.78 is 5.11. The molecule has 3 rings (SSSR count). The van der Waals surface area contributed by atoms with E-state index in [1.54, 1.807) is 19.1 Å². The van der Waals surface area contributed by atoms with Crippen LogP contribution in [0.2, 0.25) is 0 Å². The Kier molecular flexibility index (Phi) is 2.78. The molecule has 0 radical (unpaired) electrons. The maximum atomic E-state index is 12.0. The normalized spacial score (nSPS) is 13.7. The molecule has 1 aliphatic heterocycles. The van der Waals surface area contributed by atoms with Gasteiger partial charge in [0, 0.05) is 11.8 Å². The highest BCUT2D eigenvalue weighted by molar-refractivity contribution is 6.02. The van der Waals surface area contributed by atoms with Crippen LogP contribution in [0.4, 0.5) is 5.69 Å². The van der Waals surface area contributed by atoms with Gasteiger partial charge in [0.25, 0.3) is 0 Å². The van der Waals surface area contributed by atoms with Crippen LogP contribution in [-0.4, -0.2) is 22.1 Å². The summed E-state index contributed by atoms with van der Waals surface area (Å²) in [6.07, 6.45) is 0.280. The van der Waals surface area contributed by atoms with Crippen LogP contribution < -0.4 is 4.90 Å². The Morgan fingerprint density at radius 2 is 2.25 bits per heavy atom. The van der Waals surface area contributed by atoms with Crippen molar-refractivity contribution in [3.63, 3.8) is 0 Å². The lowest BCUT2D eigenvalue weighted by atomic mass is 10.1. The summed E-state index contributed by atoms with van der Waals surface area (Å²) in [4.78, 5) is 24.6. The van der Waals surface area contributed by atoms with Gasteiger partial charge in [-0.15, -0.1) is 0 Å². The number of aromatic carboxylic acids is 1. The number of carbonyl (C=O) groups is 2.